The minimum absolute atomic E-state index is 0.0539. The molecule has 0 amide bonds. The number of aryl methyl sites for hydroxylation is 1. The summed E-state index contributed by atoms with van der Waals surface area (Å²) in [5, 5.41) is 17.1. The van der Waals surface area contributed by atoms with Crippen LogP contribution in [0.3, 0.4) is 0 Å². The van der Waals surface area contributed by atoms with Crippen molar-refractivity contribution < 1.29 is 14.2 Å². The quantitative estimate of drug-likeness (QED) is 0.883. The highest BCUT2D eigenvalue weighted by Crippen LogP contribution is 2.32. The van der Waals surface area contributed by atoms with Crippen molar-refractivity contribution in [2.75, 3.05) is 13.2 Å². The van der Waals surface area contributed by atoms with Crippen LogP contribution in [-0.2, 0) is 13.1 Å². The molecule has 2 aromatic rings. The molecule has 6 heteroatoms. The summed E-state index contributed by atoms with van der Waals surface area (Å²) in [5.41, 5.74) is 4.02. The molecule has 0 radical (unpaired) electrons. The lowest BCUT2D eigenvalue weighted by Gasteiger charge is -2.19. The molecule has 0 spiro atoms. The van der Waals surface area contributed by atoms with Gasteiger partial charge in [-0.2, -0.15) is 5.10 Å². The van der Waals surface area contributed by atoms with Crippen molar-refractivity contribution in [3.8, 4) is 5.75 Å². The molecule has 0 bridgehead atoms. The zero-order valence-corrected chi connectivity index (χ0v) is 14.2. The average molecular weight is 333 g/mol. The van der Waals surface area contributed by atoms with Crippen LogP contribution in [0.5, 0.6) is 5.75 Å². The molecule has 3 rings (SSSR count). The van der Waals surface area contributed by atoms with Crippen molar-refractivity contribution in [1.29, 1.82) is 0 Å². The standard InChI is InChI=1S/C18H24FN3O2/c1-12-16(13(2)22(21-12)7-8-23)11-20-17-4-3-9-24-18-6-5-14(19)10-15(17)18/h5-6,10,17,20,23H,3-4,7-9,11H2,1-2H3/t17-/m1/s1. The molecule has 5 nitrogen and oxygen atoms in total. The molecule has 0 saturated heterocycles. The smallest absolute Gasteiger partial charge is 0.124 e. The number of hydrogen-bond acceptors (Lipinski definition) is 4. The minimum atomic E-state index is -0.242. The van der Waals surface area contributed by atoms with Crippen LogP contribution in [-0.4, -0.2) is 28.1 Å². The first-order valence-electron chi connectivity index (χ1n) is 8.39. The van der Waals surface area contributed by atoms with Crippen molar-refractivity contribution in [2.24, 2.45) is 0 Å². The third-order valence-corrected chi connectivity index (χ3v) is 4.61. The van der Waals surface area contributed by atoms with Crippen LogP contribution in [0.2, 0.25) is 0 Å². The van der Waals surface area contributed by atoms with E-state index in [1.807, 2.05) is 18.5 Å². The number of halogens is 1. The molecule has 2 heterocycles. The first-order valence-corrected chi connectivity index (χ1v) is 8.39. The number of ether oxygens (including phenoxy) is 1. The van der Waals surface area contributed by atoms with Crippen molar-refractivity contribution in [1.82, 2.24) is 15.1 Å². The number of benzene rings is 1. The van der Waals surface area contributed by atoms with Gasteiger partial charge in [0.1, 0.15) is 11.6 Å². The molecular formula is C18H24FN3O2. The molecule has 2 N–H and O–H groups in total. The number of rotatable bonds is 5. The lowest BCUT2D eigenvalue weighted by atomic mass is 10.0. The molecule has 0 aliphatic carbocycles. The minimum Gasteiger partial charge on any atom is -0.493 e. The Labute approximate surface area is 141 Å². The van der Waals surface area contributed by atoms with Gasteiger partial charge in [-0.15, -0.1) is 0 Å². The topological polar surface area (TPSA) is 59.3 Å². The fourth-order valence-electron chi connectivity index (χ4n) is 3.29. The fourth-order valence-corrected chi connectivity index (χ4v) is 3.29. The maximum atomic E-state index is 13.7. The van der Waals surface area contributed by atoms with Crippen LogP contribution in [0.25, 0.3) is 0 Å². The van der Waals surface area contributed by atoms with E-state index in [-0.39, 0.29) is 18.5 Å². The number of aliphatic hydroxyl groups excluding tert-OH is 1. The largest absolute Gasteiger partial charge is 0.493 e. The van der Waals surface area contributed by atoms with Gasteiger partial charge >= 0.3 is 0 Å². The van der Waals surface area contributed by atoms with Gasteiger partial charge in [-0.05, 0) is 44.9 Å². The predicted octanol–water partition coefficient (Wildman–Crippen LogP) is 2.63. The van der Waals surface area contributed by atoms with E-state index < -0.39 is 0 Å². The maximum absolute atomic E-state index is 13.7. The summed E-state index contributed by atoms with van der Waals surface area (Å²) in [7, 11) is 0. The highest BCUT2D eigenvalue weighted by Gasteiger charge is 2.21. The molecule has 1 atom stereocenters. The van der Waals surface area contributed by atoms with Gasteiger partial charge in [0.15, 0.2) is 0 Å². The van der Waals surface area contributed by atoms with E-state index >= 15 is 0 Å². The molecule has 24 heavy (non-hydrogen) atoms. The second-order valence-electron chi connectivity index (χ2n) is 6.20. The molecule has 1 aliphatic heterocycles. The average Bonchev–Trinajstić information content (AvgIpc) is 2.73. The van der Waals surface area contributed by atoms with Gasteiger partial charge in [0.2, 0.25) is 0 Å². The summed E-state index contributed by atoms with van der Waals surface area (Å²) < 4.78 is 21.2. The lowest BCUT2D eigenvalue weighted by Crippen LogP contribution is -2.21. The first-order chi connectivity index (χ1) is 11.6. The van der Waals surface area contributed by atoms with Gasteiger partial charge in [0.25, 0.3) is 0 Å². The number of fused-ring (bicyclic) bond motifs is 1. The zero-order chi connectivity index (χ0) is 17.1. The SMILES string of the molecule is Cc1nn(CCO)c(C)c1CN[C@@H]1CCCOc2ccc(F)cc21. The fraction of sp³-hybridized carbons (Fsp3) is 0.500. The van der Waals surface area contributed by atoms with E-state index in [9.17, 15) is 4.39 Å². The molecule has 130 valence electrons. The van der Waals surface area contributed by atoms with E-state index in [0.29, 0.717) is 19.7 Å². The van der Waals surface area contributed by atoms with Crippen molar-refractivity contribution in [3.05, 3.63) is 46.5 Å². The Morgan fingerprint density at radius 2 is 2.25 bits per heavy atom. The van der Waals surface area contributed by atoms with Crippen LogP contribution in [0.1, 0.15) is 41.4 Å². The molecule has 0 saturated carbocycles. The van der Waals surface area contributed by atoms with Crippen LogP contribution in [0.4, 0.5) is 4.39 Å². The Balaban J connectivity index is 1.79. The second-order valence-corrected chi connectivity index (χ2v) is 6.20. The highest BCUT2D eigenvalue weighted by molar-refractivity contribution is 5.37. The Hall–Kier alpha value is -1.92. The summed E-state index contributed by atoms with van der Waals surface area (Å²) in [6.45, 7) is 5.87. The summed E-state index contributed by atoms with van der Waals surface area (Å²) in [6, 6.07) is 4.76. The molecule has 0 fully saturated rings. The second kappa shape index (κ2) is 7.32. The van der Waals surface area contributed by atoms with Gasteiger partial charge in [-0.1, -0.05) is 0 Å². The Morgan fingerprint density at radius 3 is 3.04 bits per heavy atom. The molecular weight excluding hydrogens is 309 g/mol. The predicted molar refractivity (Wildman–Crippen MR) is 89.5 cm³/mol. The summed E-state index contributed by atoms with van der Waals surface area (Å²) in [4.78, 5) is 0. The normalized spacial score (nSPS) is 17.2. The van der Waals surface area contributed by atoms with Crippen LogP contribution >= 0.6 is 0 Å². The monoisotopic (exact) mass is 333 g/mol. The number of aromatic nitrogens is 2. The maximum Gasteiger partial charge on any atom is 0.124 e. The molecule has 1 aromatic carbocycles. The summed E-state index contributed by atoms with van der Waals surface area (Å²) >= 11 is 0. The van der Waals surface area contributed by atoms with Gasteiger partial charge in [0.05, 0.1) is 25.5 Å². The summed E-state index contributed by atoms with van der Waals surface area (Å²) in [6.07, 6.45) is 1.83. The molecule has 0 unspecified atom stereocenters. The van der Waals surface area contributed by atoms with Gasteiger partial charge in [-0.3, -0.25) is 4.68 Å². The van der Waals surface area contributed by atoms with Gasteiger partial charge in [-0.25, -0.2) is 4.39 Å². The van der Waals surface area contributed by atoms with E-state index in [2.05, 4.69) is 10.4 Å². The molecule has 1 aliphatic rings. The van der Waals surface area contributed by atoms with Crippen LogP contribution in [0.15, 0.2) is 18.2 Å². The number of nitrogens with zero attached hydrogens (tertiary/aromatic N) is 2. The Bertz CT molecular complexity index is 715. The lowest BCUT2D eigenvalue weighted by molar-refractivity contribution is 0.267. The van der Waals surface area contributed by atoms with E-state index in [4.69, 9.17) is 9.84 Å². The van der Waals surface area contributed by atoms with Crippen molar-refractivity contribution >= 4 is 0 Å². The van der Waals surface area contributed by atoms with Crippen molar-refractivity contribution in [2.45, 2.75) is 45.8 Å². The highest BCUT2D eigenvalue weighted by atomic mass is 19.1. The third kappa shape index (κ3) is 3.44. The number of nitrogens with one attached hydrogen (secondary N) is 1. The number of hydrogen-bond donors (Lipinski definition) is 2. The summed E-state index contributed by atoms with van der Waals surface area (Å²) in [5.74, 6) is 0.519. The van der Waals surface area contributed by atoms with Gasteiger partial charge in [0, 0.05) is 29.4 Å². The Morgan fingerprint density at radius 1 is 1.42 bits per heavy atom. The zero-order valence-electron chi connectivity index (χ0n) is 14.2. The van der Waals surface area contributed by atoms with E-state index in [1.54, 1.807) is 12.1 Å². The van der Waals surface area contributed by atoms with Gasteiger partial charge < -0.3 is 15.2 Å². The van der Waals surface area contributed by atoms with E-state index in [0.717, 1.165) is 41.1 Å². The first kappa shape index (κ1) is 16.9. The van der Waals surface area contributed by atoms with Crippen LogP contribution < -0.4 is 10.1 Å². The third-order valence-electron chi connectivity index (χ3n) is 4.61. The van der Waals surface area contributed by atoms with E-state index in [1.165, 1.54) is 6.07 Å². The molecule has 1 aromatic heterocycles. The Kier molecular flexibility index (Phi) is 5.16. The number of aliphatic hydroxyl groups is 1. The van der Waals surface area contributed by atoms with Crippen LogP contribution in [0, 0.1) is 19.7 Å². The van der Waals surface area contributed by atoms with Crippen molar-refractivity contribution in [3.63, 3.8) is 0 Å².